The van der Waals surface area contributed by atoms with E-state index >= 15 is 0 Å². The molecule has 0 aliphatic heterocycles. The third kappa shape index (κ3) is 3.47. The smallest absolute Gasteiger partial charge is 0.221 e. The molecule has 0 fully saturated rings. The first-order chi connectivity index (χ1) is 7.54. The maximum atomic E-state index is 13.2. The monoisotopic (exact) mass is 244 g/mol. The Morgan fingerprint density at radius 2 is 2.25 bits per heavy atom. The molecule has 1 rings (SSSR count). The van der Waals surface area contributed by atoms with Gasteiger partial charge in [0.05, 0.1) is 0 Å². The van der Waals surface area contributed by atoms with E-state index in [2.05, 4.69) is 5.32 Å². The summed E-state index contributed by atoms with van der Waals surface area (Å²) >= 11 is 5.92. The molecule has 1 aromatic carbocycles. The number of amides is 1. The molecule has 0 spiro atoms. The molecular formula is C11H14ClFN2O. The van der Waals surface area contributed by atoms with E-state index in [9.17, 15) is 9.18 Å². The number of benzene rings is 1. The molecule has 0 atom stereocenters. The van der Waals surface area contributed by atoms with Crippen LogP contribution in [0.1, 0.15) is 17.5 Å². The van der Waals surface area contributed by atoms with Gasteiger partial charge in [-0.1, -0.05) is 11.6 Å². The number of hydrogen-bond donors (Lipinski definition) is 2. The number of aryl methyl sites for hydroxylation is 1. The fourth-order valence-electron chi connectivity index (χ4n) is 1.24. The fraction of sp³-hybridized carbons (Fsp3) is 0.364. The summed E-state index contributed by atoms with van der Waals surface area (Å²) in [5.74, 6) is -0.493. The first-order valence-electron chi connectivity index (χ1n) is 4.96. The second-order valence-corrected chi connectivity index (χ2v) is 3.92. The normalized spacial score (nSPS) is 10.2. The first kappa shape index (κ1) is 12.9. The molecule has 0 heterocycles. The highest BCUT2D eigenvalue weighted by atomic mass is 35.5. The van der Waals surface area contributed by atoms with E-state index in [-0.39, 0.29) is 24.7 Å². The SMILES string of the molecule is Cc1cc(Cl)c(CNC(=O)CCN)cc1F. The molecule has 5 heteroatoms. The lowest BCUT2D eigenvalue weighted by molar-refractivity contribution is -0.121. The van der Waals surface area contributed by atoms with Crippen molar-refractivity contribution in [3.05, 3.63) is 34.1 Å². The van der Waals surface area contributed by atoms with Gasteiger partial charge in [0.2, 0.25) is 5.91 Å². The van der Waals surface area contributed by atoms with Gasteiger partial charge in [0.25, 0.3) is 0 Å². The molecule has 0 bridgehead atoms. The number of nitrogens with two attached hydrogens (primary N) is 1. The molecule has 3 nitrogen and oxygen atoms in total. The Hall–Kier alpha value is -1.13. The van der Waals surface area contributed by atoms with Gasteiger partial charge in [0.1, 0.15) is 5.82 Å². The maximum Gasteiger partial charge on any atom is 0.221 e. The minimum absolute atomic E-state index is 0.167. The summed E-state index contributed by atoms with van der Waals surface area (Å²) in [6, 6.07) is 2.88. The lowest BCUT2D eigenvalue weighted by Gasteiger charge is -2.08. The Kier molecular flexibility index (Phi) is 4.71. The Morgan fingerprint density at radius 1 is 1.56 bits per heavy atom. The summed E-state index contributed by atoms with van der Waals surface area (Å²) in [6.45, 7) is 2.15. The van der Waals surface area contributed by atoms with E-state index in [1.165, 1.54) is 6.07 Å². The molecule has 1 amide bonds. The highest BCUT2D eigenvalue weighted by molar-refractivity contribution is 6.31. The topological polar surface area (TPSA) is 55.1 Å². The van der Waals surface area contributed by atoms with E-state index in [0.717, 1.165) is 0 Å². The van der Waals surface area contributed by atoms with Crippen LogP contribution in [0, 0.1) is 12.7 Å². The van der Waals surface area contributed by atoms with Gasteiger partial charge in [-0.2, -0.15) is 0 Å². The van der Waals surface area contributed by atoms with Gasteiger partial charge in [0.15, 0.2) is 0 Å². The Labute approximate surface area is 98.8 Å². The predicted molar refractivity (Wildman–Crippen MR) is 61.7 cm³/mol. The number of hydrogen-bond acceptors (Lipinski definition) is 2. The standard InChI is InChI=1S/C11H14ClFN2O/c1-7-4-9(12)8(5-10(7)13)6-15-11(16)2-3-14/h4-5H,2-3,6,14H2,1H3,(H,15,16). The van der Waals surface area contributed by atoms with Crippen LogP contribution in [0.2, 0.25) is 5.02 Å². The third-order valence-corrected chi connectivity index (χ3v) is 2.53. The predicted octanol–water partition coefficient (Wildman–Crippen LogP) is 1.75. The van der Waals surface area contributed by atoms with Crippen LogP contribution >= 0.6 is 11.6 Å². The second kappa shape index (κ2) is 5.82. The van der Waals surface area contributed by atoms with E-state index < -0.39 is 0 Å². The summed E-state index contributed by atoms with van der Waals surface area (Å²) in [4.78, 5) is 11.2. The minimum Gasteiger partial charge on any atom is -0.352 e. The minimum atomic E-state index is -0.326. The van der Waals surface area contributed by atoms with E-state index in [0.29, 0.717) is 22.7 Å². The van der Waals surface area contributed by atoms with E-state index in [1.54, 1.807) is 13.0 Å². The zero-order chi connectivity index (χ0) is 12.1. The molecule has 0 saturated heterocycles. The van der Waals surface area contributed by atoms with E-state index in [4.69, 9.17) is 17.3 Å². The number of carbonyl (C=O) groups is 1. The van der Waals surface area contributed by atoms with Gasteiger partial charge in [-0.25, -0.2) is 4.39 Å². The van der Waals surface area contributed by atoms with Crippen LogP contribution in [0.3, 0.4) is 0 Å². The van der Waals surface area contributed by atoms with Crippen LogP contribution in [0.4, 0.5) is 4.39 Å². The van der Waals surface area contributed by atoms with Crippen LogP contribution in [0.5, 0.6) is 0 Å². The number of carbonyl (C=O) groups excluding carboxylic acids is 1. The van der Waals surface area contributed by atoms with Gasteiger partial charge < -0.3 is 11.1 Å². The zero-order valence-electron chi connectivity index (χ0n) is 9.02. The average Bonchev–Trinajstić information content (AvgIpc) is 2.22. The van der Waals surface area contributed by atoms with Gasteiger partial charge in [-0.3, -0.25) is 4.79 Å². The van der Waals surface area contributed by atoms with Crippen molar-refractivity contribution in [3.8, 4) is 0 Å². The third-order valence-electron chi connectivity index (χ3n) is 2.18. The summed E-state index contributed by atoms with van der Waals surface area (Å²) < 4.78 is 13.2. The van der Waals surface area contributed by atoms with Crippen molar-refractivity contribution < 1.29 is 9.18 Å². The molecule has 0 saturated carbocycles. The van der Waals surface area contributed by atoms with Gasteiger partial charge >= 0.3 is 0 Å². The summed E-state index contributed by atoms with van der Waals surface area (Å²) in [7, 11) is 0. The Balaban J connectivity index is 2.67. The second-order valence-electron chi connectivity index (χ2n) is 3.51. The molecule has 0 unspecified atom stereocenters. The quantitative estimate of drug-likeness (QED) is 0.848. The number of rotatable bonds is 4. The fourth-order valence-corrected chi connectivity index (χ4v) is 1.52. The molecular weight excluding hydrogens is 231 g/mol. The summed E-state index contributed by atoms with van der Waals surface area (Å²) in [5, 5.41) is 3.07. The molecule has 1 aromatic rings. The molecule has 0 aliphatic rings. The van der Waals surface area contributed by atoms with Crippen molar-refractivity contribution in [2.24, 2.45) is 5.73 Å². The molecule has 0 aliphatic carbocycles. The highest BCUT2D eigenvalue weighted by Crippen LogP contribution is 2.20. The number of halogens is 2. The van der Waals surface area contributed by atoms with Crippen LogP contribution in [0.15, 0.2) is 12.1 Å². The molecule has 16 heavy (non-hydrogen) atoms. The van der Waals surface area contributed by atoms with Crippen LogP contribution in [-0.2, 0) is 11.3 Å². The van der Waals surface area contributed by atoms with Crippen molar-refractivity contribution >= 4 is 17.5 Å². The molecule has 0 aromatic heterocycles. The van der Waals surface area contributed by atoms with Gasteiger partial charge in [-0.05, 0) is 30.2 Å². The number of nitrogens with one attached hydrogen (secondary N) is 1. The van der Waals surface area contributed by atoms with Gasteiger partial charge in [0, 0.05) is 24.5 Å². The molecule has 0 radical (unpaired) electrons. The van der Waals surface area contributed by atoms with Crippen molar-refractivity contribution in [2.45, 2.75) is 19.9 Å². The van der Waals surface area contributed by atoms with E-state index in [1.807, 2.05) is 0 Å². The summed E-state index contributed by atoms with van der Waals surface area (Å²) in [6.07, 6.45) is 0.256. The first-order valence-corrected chi connectivity index (χ1v) is 5.33. The Bertz CT molecular complexity index is 396. The Morgan fingerprint density at radius 3 is 2.88 bits per heavy atom. The lowest BCUT2D eigenvalue weighted by Crippen LogP contribution is -2.25. The maximum absolute atomic E-state index is 13.2. The molecule has 88 valence electrons. The van der Waals surface area contributed by atoms with Crippen molar-refractivity contribution in [1.29, 1.82) is 0 Å². The van der Waals surface area contributed by atoms with Crippen molar-refractivity contribution in [1.82, 2.24) is 5.32 Å². The largest absolute Gasteiger partial charge is 0.352 e. The molecule has 3 N–H and O–H groups in total. The van der Waals surface area contributed by atoms with Crippen LogP contribution in [0.25, 0.3) is 0 Å². The lowest BCUT2D eigenvalue weighted by atomic mass is 10.1. The zero-order valence-corrected chi connectivity index (χ0v) is 9.77. The van der Waals surface area contributed by atoms with Crippen LogP contribution < -0.4 is 11.1 Å². The van der Waals surface area contributed by atoms with Gasteiger partial charge in [-0.15, -0.1) is 0 Å². The highest BCUT2D eigenvalue weighted by Gasteiger charge is 2.07. The summed E-state index contributed by atoms with van der Waals surface area (Å²) in [5.41, 5.74) is 6.28. The van der Waals surface area contributed by atoms with Crippen molar-refractivity contribution in [3.63, 3.8) is 0 Å². The van der Waals surface area contributed by atoms with Crippen LogP contribution in [-0.4, -0.2) is 12.5 Å². The van der Waals surface area contributed by atoms with Crippen molar-refractivity contribution in [2.75, 3.05) is 6.54 Å². The average molecular weight is 245 g/mol.